The van der Waals surface area contributed by atoms with Crippen molar-refractivity contribution in [3.8, 4) is 5.75 Å². The number of thiazole rings is 1. The summed E-state index contributed by atoms with van der Waals surface area (Å²) >= 11 is 1.40. The Morgan fingerprint density at radius 2 is 1.88 bits per heavy atom. The van der Waals surface area contributed by atoms with Crippen molar-refractivity contribution in [2.45, 2.75) is 24.8 Å². The summed E-state index contributed by atoms with van der Waals surface area (Å²) in [4.78, 5) is 24.5. The van der Waals surface area contributed by atoms with E-state index in [1.54, 1.807) is 29.4 Å². The number of anilines is 2. The average molecular weight is 571 g/mol. The molecule has 202 valence electrons. The van der Waals surface area contributed by atoms with Crippen molar-refractivity contribution in [2.24, 2.45) is 0 Å². The standard InChI is InChI=1S/C30H26N4O4S2/c1-2-38-24-11-14-26-28(18-24)39-30(32-26)33(20-21-6-5-16-31-19-21)29(35)23-9-12-25(13-10-23)40(36,37)34-17-15-22-7-3-4-8-27(22)34/h3-14,16,18-19H,2,15,17,20H2,1H3. The van der Waals surface area contributed by atoms with Gasteiger partial charge in [0.1, 0.15) is 5.75 Å². The molecule has 6 rings (SSSR count). The molecule has 3 aromatic carbocycles. The first kappa shape index (κ1) is 26.0. The fraction of sp³-hybridized carbons (Fsp3) is 0.167. The number of benzene rings is 3. The molecule has 2 aromatic heterocycles. The number of aromatic nitrogens is 2. The molecule has 1 aliphatic heterocycles. The average Bonchev–Trinajstić information content (AvgIpc) is 3.61. The summed E-state index contributed by atoms with van der Waals surface area (Å²) in [5.41, 5.74) is 3.68. The van der Waals surface area contributed by atoms with Gasteiger partial charge in [-0.25, -0.2) is 13.4 Å². The number of para-hydroxylation sites is 1. The van der Waals surface area contributed by atoms with Crippen LogP contribution < -0.4 is 13.9 Å². The van der Waals surface area contributed by atoms with Gasteiger partial charge >= 0.3 is 0 Å². The molecule has 0 bridgehead atoms. The second-order valence-corrected chi connectivity index (χ2v) is 12.2. The van der Waals surface area contributed by atoms with Gasteiger partial charge in [0.15, 0.2) is 5.13 Å². The number of fused-ring (bicyclic) bond motifs is 2. The van der Waals surface area contributed by atoms with Gasteiger partial charge in [0.25, 0.3) is 15.9 Å². The number of hydrogen-bond donors (Lipinski definition) is 0. The first-order valence-electron chi connectivity index (χ1n) is 12.9. The lowest BCUT2D eigenvalue weighted by Crippen LogP contribution is -2.31. The lowest BCUT2D eigenvalue weighted by molar-refractivity contribution is 0.0985. The van der Waals surface area contributed by atoms with Gasteiger partial charge < -0.3 is 4.74 Å². The van der Waals surface area contributed by atoms with E-state index in [0.29, 0.717) is 36.0 Å². The van der Waals surface area contributed by atoms with Gasteiger partial charge in [-0.15, -0.1) is 0 Å². The third-order valence-electron chi connectivity index (χ3n) is 6.73. The number of nitrogens with zero attached hydrogens (tertiary/aromatic N) is 4. The molecule has 3 heterocycles. The van der Waals surface area contributed by atoms with Crippen molar-refractivity contribution in [2.75, 3.05) is 22.4 Å². The summed E-state index contributed by atoms with van der Waals surface area (Å²) in [6.07, 6.45) is 4.06. The highest BCUT2D eigenvalue weighted by Gasteiger charge is 2.31. The smallest absolute Gasteiger partial charge is 0.264 e. The normalized spacial score (nSPS) is 12.9. The predicted octanol–water partition coefficient (Wildman–Crippen LogP) is 5.69. The maximum Gasteiger partial charge on any atom is 0.264 e. The number of hydrogen-bond acceptors (Lipinski definition) is 7. The van der Waals surface area contributed by atoms with Crippen molar-refractivity contribution < 1.29 is 17.9 Å². The van der Waals surface area contributed by atoms with Crippen LogP contribution in [0.4, 0.5) is 10.8 Å². The molecular weight excluding hydrogens is 544 g/mol. The van der Waals surface area contributed by atoms with Crippen LogP contribution in [0.2, 0.25) is 0 Å². The van der Waals surface area contributed by atoms with Crippen molar-refractivity contribution >= 4 is 48.3 Å². The number of carbonyl (C=O) groups is 1. The minimum atomic E-state index is -3.76. The molecular formula is C30H26N4O4S2. The second kappa shape index (κ2) is 10.7. The fourth-order valence-electron chi connectivity index (χ4n) is 4.78. The van der Waals surface area contributed by atoms with E-state index in [0.717, 1.165) is 27.1 Å². The van der Waals surface area contributed by atoms with Crippen molar-refractivity contribution in [1.29, 1.82) is 0 Å². The molecule has 1 aliphatic rings. The topological polar surface area (TPSA) is 92.7 Å². The van der Waals surface area contributed by atoms with Gasteiger partial charge in [0.05, 0.1) is 34.0 Å². The highest BCUT2D eigenvalue weighted by Crippen LogP contribution is 2.35. The molecule has 0 N–H and O–H groups in total. The molecule has 0 saturated heterocycles. The van der Waals surface area contributed by atoms with Crippen LogP contribution in [-0.4, -0.2) is 37.4 Å². The lowest BCUT2D eigenvalue weighted by atomic mass is 10.2. The van der Waals surface area contributed by atoms with Gasteiger partial charge in [-0.05, 0) is 79.1 Å². The third-order valence-corrected chi connectivity index (χ3v) is 9.60. The minimum absolute atomic E-state index is 0.142. The van der Waals surface area contributed by atoms with E-state index in [9.17, 15) is 13.2 Å². The van der Waals surface area contributed by atoms with E-state index in [-0.39, 0.29) is 17.3 Å². The Labute approximate surface area is 236 Å². The van der Waals surface area contributed by atoms with Gasteiger partial charge in [-0.2, -0.15) is 0 Å². The van der Waals surface area contributed by atoms with E-state index in [1.165, 1.54) is 27.8 Å². The van der Waals surface area contributed by atoms with Crippen LogP contribution in [0.5, 0.6) is 5.75 Å². The third kappa shape index (κ3) is 4.91. The summed E-state index contributed by atoms with van der Waals surface area (Å²) < 4.78 is 34.9. The summed E-state index contributed by atoms with van der Waals surface area (Å²) in [6.45, 7) is 3.13. The van der Waals surface area contributed by atoms with Gasteiger partial charge in [-0.1, -0.05) is 35.6 Å². The molecule has 0 saturated carbocycles. The zero-order chi connectivity index (χ0) is 27.7. The SMILES string of the molecule is CCOc1ccc2nc(N(Cc3cccnc3)C(=O)c3ccc(S(=O)(=O)N4CCc5ccccc54)cc3)sc2c1. The van der Waals surface area contributed by atoms with Crippen molar-refractivity contribution in [3.05, 3.63) is 108 Å². The van der Waals surface area contributed by atoms with Crippen LogP contribution in [0.3, 0.4) is 0 Å². The number of amides is 1. The molecule has 10 heteroatoms. The number of ether oxygens (including phenoxy) is 1. The first-order valence-corrected chi connectivity index (χ1v) is 15.1. The quantitative estimate of drug-likeness (QED) is 0.238. The maximum atomic E-state index is 13.9. The highest BCUT2D eigenvalue weighted by molar-refractivity contribution is 7.92. The van der Waals surface area contributed by atoms with Gasteiger partial charge in [-0.3, -0.25) is 19.0 Å². The van der Waals surface area contributed by atoms with E-state index in [1.807, 2.05) is 61.5 Å². The molecule has 0 radical (unpaired) electrons. The van der Waals surface area contributed by atoms with Crippen LogP contribution in [0.25, 0.3) is 10.2 Å². The highest BCUT2D eigenvalue weighted by atomic mass is 32.2. The van der Waals surface area contributed by atoms with E-state index >= 15 is 0 Å². The summed E-state index contributed by atoms with van der Waals surface area (Å²) in [7, 11) is -3.76. The summed E-state index contributed by atoms with van der Waals surface area (Å²) in [5, 5.41) is 0.530. The Balaban J connectivity index is 1.32. The molecule has 0 aliphatic carbocycles. The molecule has 40 heavy (non-hydrogen) atoms. The molecule has 0 unspecified atom stereocenters. The second-order valence-electron chi connectivity index (χ2n) is 9.29. The van der Waals surface area contributed by atoms with Crippen molar-refractivity contribution in [1.82, 2.24) is 9.97 Å². The number of pyridine rings is 1. The zero-order valence-electron chi connectivity index (χ0n) is 21.7. The van der Waals surface area contributed by atoms with Gasteiger partial charge in [0.2, 0.25) is 0 Å². The molecule has 0 spiro atoms. The Morgan fingerprint density at radius 1 is 1.05 bits per heavy atom. The number of carbonyl (C=O) groups excluding carboxylic acids is 1. The monoisotopic (exact) mass is 570 g/mol. The molecule has 5 aromatic rings. The van der Waals surface area contributed by atoms with Crippen LogP contribution in [0.15, 0.2) is 96.2 Å². The molecule has 1 amide bonds. The van der Waals surface area contributed by atoms with Crippen LogP contribution in [-0.2, 0) is 23.0 Å². The Bertz CT molecular complexity index is 1790. The first-order chi connectivity index (χ1) is 19.4. The molecule has 0 fully saturated rings. The van der Waals surface area contributed by atoms with Crippen LogP contribution in [0, 0.1) is 0 Å². The van der Waals surface area contributed by atoms with E-state index < -0.39 is 10.0 Å². The van der Waals surface area contributed by atoms with Crippen LogP contribution in [0.1, 0.15) is 28.4 Å². The maximum absolute atomic E-state index is 13.9. The molecule has 8 nitrogen and oxygen atoms in total. The Morgan fingerprint density at radius 3 is 2.65 bits per heavy atom. The number of sulfonamides is 1. The van der Waals surface area contributed by atoms with Gasteiger partial charge in [0, 0.05) is 24.5 Å². The van der Waals surface area contributed by atoms with E-state index in [4.69, 9.17) is 9.72 Å². The lowest BCUT2D eigenvalue weighted by Gasteiger charge is -2.21. The zero-order valence-corrected chi connectivity index (χ0v) is 23.4. The predicted molar refractivity (Wildman–Crippen MR) is 157 cm³/mol. The number of rotatable bonds is 8. The molecule has 0 atom stereocenters. The van der Waals surface area contributed by atoms with Crippen LogP contribution >= 0.6 is 11.3 Å². The minimum Gasteiger partial charge on any atom is -0.494 e. The summed E-state index contributed by atoms with van der Waals surface area (Å²) in [5.74, 6) is 0.455. The fourth-order valence-corrected chi connectivity index (χ4v) is 7.27. The largest absolute Gasteiger partial charge is 0.494 e. The Hall–Kier alpha value is -4.28. The Kier molecular flexibility index (Phi) is 6.95. The summed E-state index contributed by atoms with van der Waals surface area (Å²) in [6, 6.07) is 23.0. The van der Waals surface area contributed by atoms with Crippen molar-refractivity contribution in [3.63, 3.8) is 0 Å². The van der Waals surface area contributed by atoms with E-state index in [2.05, 4.69) is 4.98 Å².